The molecule has 1 aliphatic rings. The Labute approximate surface area is 149 Å². The van der Waals surface area contributed by atoms with Crippen LogP contribution in [0, 0.1) is 0 Å². The predicted octanol–water partition coefficient (Wildman–Crippen LogP) is 2.92. The minimum absolute atomic E-state index is 0.0323. The summed E-state index contributed by atoms with van der Waals surface area (Å²) in [5.74, 6) is -0.0323. The van der Waals surface area contributed by atoms with E-state index in [-0.39, 0.29) is 5.91 Å². The number of nitrogens with one attached hydrogen (secondary N) is 1. The number of anilines is 1. The molecule has 0 unspecified atom stereocenters. The van der Waals surface area contributed by atoms with Crippen molar-refractivity contribution in [1.29, 1.82) is 0 Å². The minimum atomic E-state index is -0.0323. The number of hydrogen-bond acceptors (Lipinski definition) is 4. The van der Waals surface area contributed by atoms with Crippen LogP contribution in [0.25, 0.3) is 0 Å². The fourth-order valence-corrected chi connectivity index (χ4v) is 3.35. The number of hydrogen-bond donors (Lipinski definition) is 1. The lowest BCUT2D eigenvalue weighted by Crippen LogP contribution is -2.46. The highest BCUT2D eigenvalue weighted by Gasteiger charge is 2.22. The van der Waals surface area contributed by atoms with Crippen LogP contribution in [0.3, 0.4) is 0 Å². The molecule has 0 radical (unpaired) electrons. The lowest BCUT2D eigenvalue weighted by molar-refractivity contribution is -0.114. The van der Waals surface area contributed by atoms with E-state index < -0.39 is 0 Å². The van der Waals surface area contributed by atoms with Crippen molar-refractivity contribution >= 4 is 11.6 Å². The Kier molecular flexibility index (Phi) is 5.79. The topological polar surface area (TPSA) is 48.5 Å². The number of benzene rings is 1. The van der Waals surface area contributed by atoms with Gasteiger partial charge < -0.3 is 5.32 Å². The lowest BCUT2D eigenvalue weighted by Gasteiger charge is -2.38. The fraction of sp³-hybridized carbons (Fsp3) is 0.400. The van der Waals surface area contributed by atoms with E-state index in [0.29, 0.717) is 6.04 Å². The van der Waals surface area contributed by atoms with Crippen molar-refractivity contribution in [2.75, 3.05) is 31.5 Å². The molecule has 1 aromatic heterocycles. The van der Waals surface area contributed by atoms with Gasteiger partial charge in [0, 0.05) is 63.8 Å². The summed E-state index contributed by atoms with van der Waals surface area (Å²) >= 11 is 0. The first-order valence-corrected chi connectivity index (χ1v) is 8.84. The molecular weight excluding hydrogens is 312 g/mol. The quantitative estimate of drug-likeness (QED) is 0.911. The van der Waals surface area contributed by atoms with Crippen molar-refractivity contribution in [2.24, 2.45) is 0 Å². The molecule has 1 saturated heterocycles. The summed E-state index contributed by atoms with van der Waals surface area (Å²) in [6.45, 7) is 8.92. The Morgan fingerprint density at radius 1 is 1.20 bits per heavy atom. The summed E-state index contributed by atoms with van der Waals surface area (Å²) in [5.41, 5.74) is 3.38. The van der Waals surface area contributed by atoms with Crippen LogP contribution in [0.2, 0.25) is 0 Å². The molecule has 132 valence electrons. The maximum atomic E-state index is 11.2. The number of aromatic nitrogens is 1. The third kappa shape index (κ3) is 4.87. The smallest absolute Gasteiger partial charge is 0.221 e. The number of piperazine rings is 1. The number of pyridine rings is 1. The van der Waals surface area contributed by atoms with Crippen LogP contribution in [0.1, 0.15) is 31.0 Å². The Morgan fingerprint density at radius 3 is 2.68 bits per heavy atom. The lowest BCUT2D eigenvalue weighted by atomic mass is 10.1. The Morgan fingerprint density at radius 2 is 2.00 bits per heavy atom. The van der Waals surface area contributed by atoms with Crippen molar-refractivity contribution < 1.29 is 4.79 Å². The molecule has 1 fully saturated rings. The molecule has 1 N–H and O–H groups in total. The molecular formula is C20H26N4O. The van der Waals surface area contributed by atoms with Gasteiger partial charge in [-0.2, -0.15) is 0 Å². The van der Waals surface area contributed by atoms with Crippen LogP contribution >= 0.6 is 0 Å². The van der Waals surface area contributed by atoms with Crippen LogP contribution in [0.5, 0.6) is 0 Å². The molecule has 2 heterocycles. The van der Waals surface area contributed by atoms with Gasteiger partial charge in [0.25, 0.3) is 0 Å². The van der Waals surface area contributed by atoms with E-state index in [2.05, 4.69) is 45.2 Å². The minimum Gasteiger partial charge on any atom is -0.326 e. The first-order valence-electron chi connectivity index (χ1n) is 8.84. The predicted molar refractivity (Wildman–Crippen MR) is 100 cm³/mol. The zero-order chi connectivity index (χ0) is 17.6. The highest BCUT2D eigenvalue weighted by molar-refractivity contribution is 5.88. The summed E-state index contributed by atoms with van der Waals surface area (Å²) in [4.78, 5) is 20.4. The molecule has 0 saturated carbocycles. The second kappa shape index (κ2) is 8.23. The highest BCUT2D eigenvalue weighted by Crippen LogP contribution is 2.21. The summed E-state index contributed by atoms with van der Waals surface area (Å²) in [7, 11) is 0. The molecule has 1 aromatic carbocycles. The van der Waals surface area contributed by atoms with Crippen molar-refractivity contribution in [2.45, 2.75) is 26.4 Å². The number of amides is 1. The van der Waals surface area contributed by atoms with Crippen molar-refractivity contribution in [1.82, 2.24) is 14.8 Å². The zero-order valence-corrected chi connectivity index (χ0v) is 15.0. The van der Waals surface area contributed by atoms with E-state index in [1.807, 2.05) is 30.6 Å². The molecule has 0 spiro atoms. The SMILES string of the molecule is CC(=O)Nc1cccc(CN2CCN([C@@H](C)c3cccnc3)CC2)c1. The van der Waals surface area contributed by atoms with Gasteiger partial charge in [-0.05, 0) is 36.2 Å². The first-order chi connectivity index (χ1) is 12.1. The van der Waals surface area contributed by atoms with Crippen molar-refractivity contribution in [3.8, 4) is 0 Å². The van der Waals surface area contributed by atoms with Crippen molar-refractivity contribution in [3.63, 3.8) is 0 Å². The molecule has 1 amide bonds. The van der Waals surface area contributed by atoms with Crippen molar-refractivity contribution in [3.05, 3.63) is 59.9 Å². The molecule has 1 atom stereocenters. The Balaban J connectivity index is 1.53. The monoisotopic (exact) mass is 338 g/mol. The van der Waals surface area contributed by atoms with Gasteiger partial charge in [0.1, 0.15) is 0 Å². The molecule has 1 aliphatic heterocycles. The van der Waals surface area contributed by atoms with Gasteiger partial charge in [-0.3, -0.25) is 19.6 Å². The van der Waals surface area contributed by atoms with Gasteiger partial charge in [0.2, 0.25) is 5.91 Å². The standard InChI is InChI=1S/C20H26N4O/c1-16(19-6-4-8-21-14-19)24-11-9-23(10-12-24)15-18-5-3-7-20(13-18)22-17(2)25/h3-8,13-14,16H,9-12,15H2,1-2H3,(H,22,25)/t16-/m0/s1. The summed E-state index contributed by atoms with van der Waals surface area (Å²) in [6.07, 6.45) is 3.79. The number of nitrogens with zero attached hydrogens (tertiary/aromatic N) is 3. The molecule has 0 aliphatic carbocycles. The third-order valence-electron chi connectivity index (χ3n) is 4.77. The average molecular weight is 338 g/mol. The summed E-state index contributed by atoms with van der Waals surface area (Å²) in [6, 6.07) is 12.7. The molecule has 0 bridgehead atoms. The van der Waals surface area contributed by atoms with E-state index in [1.165, 1.54) is 18.1 Å². The molecule has 5 heteroatoms. The molecule has 5 nitrogen and oxygen atoms in total. The van der Waals surface area contributed by atoms with Crippen LogP contribution in [0.4, 0.5) is 5.69 Å². The first kappa shape index (κ1) is 17.6. The van der Waals surface area contributed by atoms with Gasteiger partial charge in [-0.1, -0.05) is 18.2 Å². The molecule has 2 aromatic rings. The Hall–Kier alpha value is -2.24. The van der Waals surface area contributed by atoms with Crippen LogP contribution < -0.4 is 5.32 Å². The van der Waals surface area contributed by atoms with Gasteiger partial charge in [0.15, 0.2) is 0 Å². The van der Waals surface area contributed by atoms with Gasteiger partial charge in [0.05, 0.1) is 0 Å². The highest BCUT2D eigenvalue weighted by atomic mass is 16.1. The fourth-order valence-electron chi connectivity index (χ4n) is 3.35. The van der Waals surface area contributed by atoms with Gasteiger partial charge in [-0.15, -0.1) is 0 Å². The largest absolute Gasteiger partial charge is 0.326 e. The maximum Gasteiger partial charge on any atom is 0.221 e. The Bertz CT molecular complexity index is 696. The summed E-state index contributed by atoms with van der Waals surface area (Å²) < 4.78 is 0. The van der Waals surface area contributed by atoms with E-state index in [1.54, 1.807) is 0 Å². The van der Waals surface area contributed by atoms with Crippen LogP contribution in [-0.2, 0) is 11.3 Å². The van der Waals surface area contributed by atoms with Gasteiger partial charge >= 0.3 is 0 Å². The summed E-state index contributed by atoms with van der Waals surface area (Å²) in [5, 5.41) is 2.85. The third-order valence-corrected chi connectivity index (χ3v) is 4.77. The maximum absolute atomic E-state index is 11.2. The average Bonchev–Trinajstić information content (AvgIpc) is 2.62. The van der Waals surface area contributed by atoms with E-state index >= 15 is 0 Å². The second-order valence-electron chi connectivity index (χ2n) is 6.66. The van der Waals surface area contributed by atoms with E-state index in [9.17, 15) is 4.79 Å². The second-order valence-corrected chi connectivity index (χ2v) is 6.66. The zero-order valence-electron chi connectivity index (χ0n) is 15.0. The number of carbonyl (C=O) groups excluding carboxylic acids is 1. The number of carbonyl (C=O) groups is 1. The van der Waals surface area contributed by atoms with E-state index in [4.69, 9.17) is 0 Å². The van der Waals surface area contributed by atoms with E-state index in [0.717, 1.165) is 38.4 Å². The van der Waals surface area contributed by atoms with Gasteiger partial charge in [-0.25, -0.2) is 0 Å². The number of rotatable bonds is 5. The van der Waals surface area contributed by atoms with Crippen LogP contribution in [-0.4, -0.2) is 46.9 Å². The molecule has 3 rings (SSSR count). The normalized spacial score (nSPS) is 17.2. The molecule has 25 heavy (non-hydrogen) atoms. The van der Waals surface area contributed by atoms with Crippen LogP contribution in [0.15, 0.2) is 48.8 Å².